The number of H-pyrrole nitrogens is 1. The molecule has 2 amide bonds. The Morgan fingerprint density at radius 3 is 2.39 bits per heavy atom. The Morgan fingerprint density at radius 1 is 1.07 bits per heavy atom. The van der Waals surface area contributed by atoms with E-state index < -0.39 is 11.4 Å². The molecule has 28 heavy (non-hydrogen) atoms. The fourth-order valence-electron chi connectivity index (χ4n) is 3.47. The minimum Gasteiger partial charge on any atom is -0.368 e. The van der Waals surface area contributed by atoms with E-state index in [0.29, 0.717) is 30.3 Å². The number of amides is 2. The van der Waals surface area contributed by atoms with Gasteiger partial charge in [-0.1, -0.05) is 0 Å². The first-order valence-corrected chi connectivity index (χ1v) is 9.05. The van der Waals surface area contributed by atoms with Crippen LogP contribution in [0, 0.1) is 11.6 Å². The number of hydrogen-bond acceptors (Lipinski definition) is 2. The number of fused-ring (bicyclic) bond motifs is 1. The summed E-state index contributed by atoms with van der Waals surface area (Å²) >= 11 is 0. The first-order valence-electron chi connectivity index (χ1n) is 9.05. The van der Waals surface area contributed by atoms with Gasteiger partial charge in [0.15, 0.2) is 0 Å². The van der Waals surface area contributed by atoms with Gasteiger partial charge in [-0.15, -0.1) is 0 Å². The highest BCUT2D eigenvalue weighted by Crippen LogP contribution is 2.35. The molecule has 0 radical (unpaired) electrons. The average Bonchev–Trinajstić information content (AvgIpc) is 3.35. The zero-order chi connectivity index (χ0) is 19.9. The minimum atomic E-state index is -0.913. The van der Waals surface area contributed by atoms with Crippen molar-refractivity contribution in [3.05, 3.63) is 59.7 Å². The number of halogens is 2. The Hall–Kier alpha value is -3.22. The molecule has 0 bridgehead atoms. The second-order valence-electron chi connectivity index (χ2n) is 7.17. The molecule has 144 valence electrons. The van der Waals surface area contributed by atoms with Gasteiger partial charge in [-0.05, 0) is 72.9 Å². The van der Waals surface area contributed by atoms with Crippen molar-refractivity contribution in [1.29, 1.82) is 0 Å². The third-order valence-corrected chi connectivity index (χ3v) is 5.20. The molecule has 5 nitrogen and oxygen atoms in total. The third kappa shape index (κ3) is 3.35. The van der Waals surface area contributed by atoms with E-state index in [-0.39, 0.29) is 24.0 Å². The van der Waals surface area contributed by atoms with Crippen LogP contribution in [0.4, 0.5) is 8.78 Å². The second kappa shape index (κ2) is 6.74. The summed E-state index contributed by atoms with van der Waals surface area (Å²) in [5.41, 5.74) is 7.38. The van der Waals surface area contributed by atoms with E-state index in [1.54, 1.807) is 18.2 Å². The van der Waals surface area contributed by atoms with E-state index in [1.165, 1.54) is 24.3 Å². The van der Waals surface area contributed by atoms with Crippen molar-refractivity contribution in [1.82, 2.24) is 10.3 Å². The number of nitrogens with one attached hydrogen (secondary N) is 2. The van der Waals surface area contributed by atoms with E-state index in [4.69, 9.17) is 5.73 Å². The number of rotatable bonds is 6. The SMILES string of the molecule is NC(=O)C1(NC(=O)CCc2c(-c3ccc(F)cc3)[nH]c3ccc(F)cc23)CC1. The molecule has 1 aliphatic carbocycles. The predicted octanol–water partition coefficient (Wildman–Crippen LogP) is 3.18. The molecule has 0 aliphatic heterocycles. The predicted molar refractivity (Wildman–Crippen MR) is 101 cm³/mol. The molecule has 1 fully saturated rings. The second-order valence-corrected chi connectivity index (χ2v) is 7.17. The highest BCUT2D eigenvalue weighted by molar-refractivity contribution is 5.94. The van der Waals surface area contributed by atoms with Gasteiger partial charge in [-0.2, -0.15) is 0 Å². The fourth-order valence-corrected chi connectivity index (χ4v) is 3.47. The number of aromatic amines is 1. The first-order chi connectivity index (χ1) is 13.4. The smallest absolute Gasteiger partial charge is 0.243 e. The Labute approximate surface area is 159 Å². The quantitative estimate of drug-likeness (QED) is 0.610. The lowest BCUT2D eigenvalue weighted by molar-refractivity contribution is -0.128. The summed E-state index contributed by atoms with van der Waals surface area (Å²) < 4.78 is 27.1. The van der Waals surface area contributed by atoms with Crippen molar-refractivity contribution in [3.63, 3.8) is 0 Å². The van der Waals surface area contributed by atoms with Crippen LogP contribution in [-0.4, -0.2) is 22.3 Å². The van der Waals surface area contributed by atoms with Gasteiger partial charge in [-0.3, -0.25) is 9.59 Å². The van der Waals surface area contributed by atoms with Crippen LogP contribution in [-0.2, 0) is 16.0 Å². The first kappa shape index (κ1) is 18.2. The summed E-state index contributed by atoms with van der Waals surface area (Å²) in [6.45, 7) is 0. The zero-order valence-corrected chi connectivity index (χ0v) is 15.0. The van der Waals surface area contributed by atoms with E-state index in [1.807, 2.05) is 0 Å². The van der Waals surface area contributed by atoms with Crippen molar-refractivity contribution in [3.8, 4) is 11.3 Å². The van der Waals surface area contributed by atoms with Crippen LogP contribution in [0.3, 0.4) is 0 Å². The topological polar surface area (TPSA) is 88.0 Å². The molecular formula is C21H19F2N3O2. The summed E-state index contributed by atoms with van der Waals surface area (Å²) in [4.78, 5) is 27.0. The van der Waals surface area contributed by atoms with Crippen molar-refractivity contribution in [2.24, 2.45) is 5.73 Å². The van der Waals surface area contributed by atoms with Crippen LogP contribution in [0.15, 0.2) is 42.5 Å². The molecule has 1 aromatic heterocycles. The van der Waals surface area contributed by atoms with Crippen molar-refractivity contribution in [2.75, 3.05) is 0 Å². The zero-order valence-electron chi connectivity index (χ0n) is 15.0. The number of benzene rings is 2. The number of primary amides is 1. The summed E-state index contributed by atoms with van der Waals surface area (Å²) in [7, 11) is 0. The molecule has 1 saturated carbocycles. The lowest BCUT2D eigenvalue weighted by atomic mass is 10.0. The number of nitrogens with two attached hydrogens (primary N) is 1. The maximum atomic E-state index is 13.8. The van der Waals surface area contributed by atoms with Crippen molar-refractivity contribution >= 4 is 22.7 Å². The van der Waals surface area contributed by atoms with Crippen LogP contribution < -0.4 is 11.1 Å². The number of carbonyl (C=O) groups is 2. The molecule has 3 aromatic rings. The van der Waals surface area contributed by atoms with Crippen LogP contribution in [0.5, 0.6) is 0 Å². The summed E-state index contributed by atoms with van der Waals surface area (Å²) in [5, 5.41) is 3.38. The lowest BCUT2D eigenvalue weighted by Crippen LogP contribution is -2.46. The van der Waals surface area contributed by atoms with Crippen molar-refractivity contribution < 1.29 is 18.4 Å². The van der Waals surface area contributed by atoms with Crippen molar-refractivity contribution in [2.45, 2.75) is 31.2 Å². The fraction of sp³-hybridized carbons (Fsp3) is 0.238. The molecule has 4 N–H and O–H groups in total. The third-order valence-electron chi connectivity index (χ3n) is 5.20. The molecule has 0 atom stereocenters. The van der Waals surface area contributed by atoms with Gasteiger partial charge in [0, 0.05) is 23.0 Å². The summed E-state index contributed by atoms with van der Waals surface area (Å²) in [6, 6.07) is 10.4. The Morgan fingerprint density at radius 2 is 1.75 bits per heavy atom. The van der Waals surface area contributed by atoms with E-state index in [9.17, 15) is 18.4 Å². The van der Waals surface area contributed by atoms with Gasteiger partial charge in [0.05, 0.1) is 0 Å². The molecule has 7 heteroatoms. The van der Waals surface area contributed by atoms with E-state index in [2.05, 4.69) is 10.3 Å². The maximum absolute atomic E-state index is 13.8. The minimum absolute atomic E-state index is 0.118. The Balaban J connectivity index is 1.63. The van der Waals surface area contributed by atoms with Gasteiger partial charge < -0.3 is 16.0 Å². The Kier molecular flexibility index (Phi) is 4.37. The van der Waals surface area contributed by atoms with Gasteiger partial charge in [0.1, 0.15) is 17.2 Å². The summed E-state index contributed by atoms with van der Waals surface area (Å²) in [6.07, 6.45) is 1.55. The summed E-state index contributed by atoms with van der Waals surface area (Å²) in [5.74, 6) is -1.55. The number of carbonyl (C=O) groups excluding carboxylic acids is 2. The monoisotopic (exact) mass is 383 g/mol. The van der Waals surface area contributed by atoms with Crippen LogP contribution >= 0.6 is 0 Å². The van der Waals surface area contributed by atoms with E-state index >= 15 is 0 Å². The number of aryl methyl sites for hydroxylation is 1. The lowest BCUT2D eigenvalue weighted by Gasteiger charge is -2.13. The number of aromatic nitrogens is 1. The standard InChI is InChI=1S/C21H19F2N3O2/c22-13-3-1-12(2-4-13)19-15(16-11-14(23)5-7-17(16)25-19)6-8-18(27)26-21(9-10-21)20(24)28/h1-5,7,11,25H,6,8-10H2,(H2,24,28)(H,26,27). The van der Waals surface area contributed by atoms with Crippen LogP contribution in [0.2, 0.25) is 0 Å². The van der Waals surface area contributed by atoms with Gasteiger partial charge in [0.25, 0.3) is 0 Å². The normalized spacial score (nSPS) is 14.8. The molecule has 2 aromatic carbocycles. The maximum Gasteiger partial charge on any atom is 0.243 e. The molecule has 4 rings (SSSR count). The molecule has 1 heterocycles. The largest absolute Gasteiger partial charge is 0.368 e. The van der Waals surface area contributed by atoms with Gasteiger partial charge >= 0.3 is 0 Å². The molecular weight excluding hydrogens is 364 g/mol. The molecule has 0 unspecified atom stereocenters. The molecule has 0 saturated heterocycles. The van der Waals surface area contributed by atoms with Crippen LogP contribution in [0.25, 0.3) is 22.2 Å². The molecule has 0 spiro atoms. The van der Waals surface area contributed by atoms with Gasteiger partial charge in [-0.25, -0.2) is 8.78 Å². The average molecular weight is 383 g/mol. The van der Waals surface area contributed by atoms with Gasteiger partial charge in [0.2, 0.25) is 11.8 Å². The highest BCUT2D eigenvalue weighted by Gasteiger charge is 2.49. The van der Waals surface area contributed by atoms with E-state index in [0.717, 1.165) is 16.6 Å². The molecule has 1 aliphatic rings. The van der Waals surface area contributed by atoms with Crippen LogP contribution in [0.1, 0.15) is 24.8 Å². The highest BCUT2D eigenvalue weighted by atomic mass is 19.1. The Bertz CT molecular complexity index is 1070. The number of hydrogen-bond donors (Lipinski definition) is 3.